The molecule has 1 saturated heterocycles. The Hall–Kier alpha value is -3.24. The number of hydrogen-bond acceptors (Lipinski definition) is 4. The molecule has 0 saturated carbocycles. The van der Waals surface area contributed by atoms with E-state index >= 15 is 0 Å². The van der Waals surface area contributed by atoms with E-state index in [0.717, 1.165) is 35.7 Å². The summed E-state index contributed by atoms with van der Waals surface area (Å²) in [5.74, 6) is -0.312. The standard InChI is InChI=1S/C22H21F4N5O2/c23-14-6-7-16-15(11-14)13(10-18(27-16)22(24,25)26)12-30-21(33)31-17(4-3-5-19(31)28-30)20(32)29-8-1-2-9-29/h6-7,10-11,17H,1-5,8-9,12H2. The Bertz CT molecular complexity index is 1290. The van der Waals surface area contributed by atoms with Gasteiger partial charge in [-0.25, -0.2) is 18.9 Å². The second kappa shape index (κ2) is 7.96. The SMILES string of the molecule is O=C(C1CCCc2nn(Cc3cc(C(F)(F)F)nc4ccc(F)cc34)c(=O)n21)N1CCCC1. The number of alkyl halides is 3. The number of hydrogen-bond donors (Lipinski definition) is 0. The maximum absolute atomic E-state index is 13.9. The molecule has 1 aromatic carbocycles. The van der Waals surface area contributed by atoms with Gasteiger partial charge in [0.05, 0.1) is 12.1 Å². The number of fused-ring (bicyclic) bond motifs is 2. The Morgan fingerprint density at radius 2 is 1.88 bits per heavy atom. The average molecular weight is 463 g/mol. The summed E-state index contributed by atoms with van der Waals surface area (Å²) in [5, 5.41) is 4.50. The molecule has 3 aromatic rings. The highest BCUT2D eigenvalue weighted by Gasteiger charge is 2.35. The molecule has 2 aliphatic heterocycles. The first kappa shape index (κ1) is 21.6. The van der Waals surface area contributed by atoms with E-state index in [1.165, 1.54) is 10.6 Å². The van der Waals surface area contributed by atoms with Crippen LogP contribution in [-0.2, 0) is 23.9 Å². The largest absolute Gasteiger partial charge is 0.433 e. The molecule has 5 rings (SSSR count). The predicted octanol–water partition coefficient (Wildman–Crippen LogP) is 3.30. The lowest BCUT2D eigenvalue weighted by Gasteiger charge is -2.27. The summed E-state index contributed by atoms with van der Waals surface area (Å²) in [6.07, 6.45) is -1.17. The topological polar surface area (TPSA) is 73.0 Å². The first-order valence-electron chi connectivity index (χ1n) is 10.9. The van der Waals surface area contributed by atoms with Crippen molar-refractivity contribution in [1.29, 1.82) is 0 Å². The molecule has 11 heteroatoms. The summed E-state index contributed by atoms with van der Waals surface area (Å²) < 4.78 is 56.5. The van der Waals surface area contributed by atoms with E-state index in [9.17, 15) is 27.2 Å². The quantitative estimate of drug-likeness (QED) is 0.559. The minimum Gasteiger partial charge on any atom is -0.341 e. The summed E-state index contributed by atoms with van der Waals surface area (Å²) >= 11 is 0. The van der Waals surface area contributed by atoms with E-state index in [2.05, 4.69) is 10.1 Å². The lowest BCUT2D eigenvalue weighted by molar-refractivity contribution is -0.141. The van der Waals surface area contributed by atoms with Crippen LogP contribution in [0.3, 0.4) is 0 Å². The molecule has 7 nitrogen and oxygen atoms in total. The molecule has 0 aliphatic carbocycles. The van der Waals surface area contributed by atoms with Gasteiger partial charge >= 0.3 is 11.9 Å². The van der Waals surface area contributed by atoms with Crippen molar-refractivity contribution in [2.24, 2.45) is 0 Å². The third-order valence-electron chi connectivity index (χ3n) is 6.30. The van der Waals surface area contributed by atoms with Crippen molar-refractivity contribution >= 4 is 16.8 Å². The normalized spacial score (nSPS) is 18.7. The number of aromatic nitrogens is 4. The van der Waals surface area contributed by atoms with Crippen LogP contribution >= 0.6 is 0 Å². The van der Waals surface area contributed by atoms with Crippen LogP contribution in [0.2, 0.25) is 0 Å². The smallest absolute Gasteiger partial charge is 0.341 e. The fourth-order valence-electron chi connectivity index (χ4n) is 4.72. The van der Waals surface area contributed by atoms with Crippen LogP contribution in [0.25, 0.3) is 10.9 Å². The molecule has 0 N–H and O–H groups in total. The van der Waals surface area contributed by atoms with Crippen LogP contribution in [-0.4, -0.2) is 43.2 Å². The third kappa shape index (κ3) is 3.89. The summed E-state index contributed by atoms with van der Waals surface area (Å²) in [6.45, 7) is 1.01. The van der Waals surface area contributed by atoms with Crippen LogP contribution in [0, 0.1) is 5.82 Å². The number of carbonyl (C=O) groups excluding carboxylic acids is 1. The highest BCUT2D eigenvalue weighted by molar-refractivity contribution is 5.82. The van der Waals surface area contributed by atoms with Gasteiger partial charge in [0, 0.05) is 24.9 Å². The molecule has 0 spiro atoms. The maximum Gasteiger partial charge on any atom is 0.433 e. The summed E-state index contributed by atoms with van der Waals surface area (Å²) in [6, 6.07) is 3.47. The molecule has 33 heavy (non-hydrogen) atoms. The van der Waals surface area contributed by atoms with Crippen LogP contribution < -0.4 is 5.69 Å². The Labute approximate surface area is 185 Å². The molecule has 1 atom stereocenters. The fraction of sp³-hybridized carbons (Fsp3) is 0.455. The van der Waals surface area contributed by atoms with E-state index in [-0.39, 0.29) is 28.9 Å². The van der Waals surface area contributed by atoms with Gasteiger partial charge in [-0.15, -0.1) is 0 Å². The molecular weight excluding hydrogens is 442 g/mol. The Balaban J connectivity index is 1.56. The van der Waals surface area contributed by atoms with E-state index in [4.69, 9.17) is 0 Å². The fourth-order valence-corrected chi connectivity index (χ4v) is 4.72. The summed E-state index contributed by atoms with van der Waals surface area (Å²) in [7, 11) is 0. The van der Waals surface area contributed by atoms with Crippen LogP contribution in [0.15, 0.2) is 29.1 Å². The molecule has 0 bridgehead atoms. The van der Waals surface area contributed by atoms with Gasteiger partial charge < -0.3 is 4.90 Å². The van der Waals surface area contributed by atoms with Gasteiger partial charge in [-0.3, -0.25) is 9.36 Å². The number of rotatable bonds is 3. The monoisotopic (exact) mass is 463 g/mol. The number of pyridine rings is 1. The number of aryl methyl sites for hydroxylation is 1. The van der Waals surface area contributed by atoms with Crippen molar-refractivity contribution in [3.63, 3.8) is 0 Å². The molecule has 1 amide bonds. The molecule has 1 unspecified atom stereocenters. The van der Waals surface area contributed by atoms with Crippen molar-refractivity contribution in [2.75, 3.05) is 13.1 Å². The van der Waals surface area contributed by atoms with Crippen LogP contribution in [0.4, 0.5) is 17.6 Å². The number of amides is 1. The lowest BCUT2D eigenvalue weighted by Crippen LogP contribution is -2.41. The Morgan fingerprint density at radius 3 is 2.61 bits per heavy atom. The summed E-state index contributed by atoms with van der Waals surface area (Å²) in [5.41, 5.74) is -1.64. The zero-order chi connectivity index (χ0) is 23.3. The molecule has 2 aliphatic rings. The number of nitrogens with zero attached hydrogens (tertiary/aromatic N) is 5. The van der Waals surface area contributed by atoms with E-state index in [0.29, 0.717) is 38.2 Å². The van der Waals surface area contributed by atoms with Crippen molar-refractivity contribution in [1.82, 2.24) is 24.2 Å². The maximum atomic E-state index is 13.9. The highest BCUT2D eigenvalue weighted by atomic mass is 19.4. The van der Waals surface area contributed by atoms with Gasteiger partial charge in [-0.05, 0) is 55.5 Å². The average Bonchev–Trinajstić information content (AvgIpc) is 3.41. The second-order valence-corrected chi connectivity index (χ2v) is 8.49. The number of likely N-dealkylation sites (tertiary alicyclic amines) is 1. The van der Waals surface area contributed by atoms with Crippen molar-refractivity contribution in [3.8, 4) is 0 Å². The zero-order valence-corrected chi connectivity index (χ0v) is 17.6. The lowest BCUT2D eigenvalue weighted by atomic mass is 10.0. The van der Waals surface area contributed by atoms with Gasteiger partial charge in [0.25, 0.3) is 0 Å². The number of benzene rings is 1. The van der Waals surface area contributed by atoms with E-state index in [1.807, 2.05) is 0 Å². The Kier molecular flexibility index (Phi) is 5.21. The van der Waals surface area contributed by atoms with Gasteiger partial charge in [0.1, 0.15) is 23.4 Å². The molecule has 174 valence electrons. The summed E-state index contributed by atoms with van der Waals surface area (Å²) in [4.78, 5) is 31.6. The van der Waals surface area contributed by atoms with E-state index < -0.39 is 29.4 Å². The molecule has 2 aromatic heterocycles. The molecular formula is C22H21F4N5O2. The van der Waals surface area contributed by atoms with E-state index in [1.54, 1.807) is 4.90 Å². The van der Waals surface area contributed by atoms with Gasteiger partial charge in [0.2, 0.25) is 5.91 Å². The Morgan fingerprint density at radius 1 is 1.12 bits per heavy atom. The molecule has 4 heterocycles. The van der Waals surface area contributed by atoms with Crippen molar-refractivity contribution in [2.45, 2.75) is 50.9 Å². The zero-order valence-electron chi connectivity index (χ0n) is 17.6. The highest BCUT2D eigenvalue weighted by Crippen LogP contribution is 2.32. The minimum atomic E-state index is -4.71. The van der Waals surface area contributed by atoms with Crippen molar-refractivity contribution < 1.29 is 22.4 Å². The predicted molar refractivity (Wildman–Crippen MR) is 110 cm³/mol. The minimum absolute atomic E-state index is 0.0275. The van der Waals surface area contributed by atoms with Gasteiger partial charge in [-0.1, -0.05) is 0 Å². The van der Waals surface area contributed by atoms with Crippen LogP contribution in [0.5, 0.6) is 0 Å². The number of carbonyl (C=O) groups is 1. The first-order chi connectivity index (χ1) is 15.7. The molecule has 0 radical (unpaired) electrons. The third-order valence-corrected chi connectivity index (χ3v) is 6.30. The molecule has 1 fully saturated rings. The van der Waals surface area contributed by atoms with Crippen molar-refractivity contribution in [3.05, 3.63) is 57.6 Å². The first-order valence-corrected chi connectivity index (χ1v) is 10.9. The number of halogens is 4. The van der Waals surface area contributed by atoms with Gasteiger partial charge in [0.15, 0.2) is 0 Å². The second-order valence-electron chi connectivity index (χ2n) is 8.49. The van der Waals surface area contributed by atoms with Gasteiger partial charge in [-0.2, -0.15) is 18.3 Å². The van der Waals surface area contributed by atoms with Crippen LogP contribution in [0.1, 0.15) is 48.8 Å².